The van der Waals surface area contributed by atoms with Gasteiger partial charge in [0.15, 0.2) is 5.78 Å². The van der Waals surface area contributed by atoms with E-state index in [1.165, 1.54) is 0 Å². The molecule has 0 aromatic heterocycles. The second-order valence-electron chi connectivity index (χ2n) is 4.12. The van der Waals surface area contributed by atoms with E-state index in [-0.39, 0.29) is 5.78 Å². The van der Waals surface area contributed by atoms with Crippen molar-refractivity contribution in [3.05, 3.63) is 35.4 Å². The van der Waals surface area contributed by atoms with Gasteiger partial charge in [-0.2, -0.15) is 0 Å². The molecule has 0 fully saturated rings. The van der Waals surface area contributed by atoms with Gasteiger partial charge in [0, 0.05) is 12.0 Å². The third-order valence-corrected chi connectivity index (χ3v) is 2.71. The van der Waals surface area contributed by atoms with Crippen LogP contribution < -0.4 is 5.73 Å². The van der Waals surface area contributed by atoms with E-state index in [0.29, 0.717) is 18.9 Å². The number of nitrogens with two attached hydrogens (primary N) is 1. The Morgan fingerprint density at radius 1 is 1.40 bits per heavy atom. The number of Topliss-reactive ketones (excluding diaryl/α,β-unsaturated/α-hetero) is 1. The molecule has 0 spiro atoms. The van der Waals surface area contributed by atoms with E-state index in [1.807, 2.05) is 31.2 Å². The van der Waals surface area contributed by atoms with Crippen LogP contribution in [-0.4, -0.2) is 12.3 Å². The highest BCUT2D eigenvalue weighted by Crippen LogP contribution is 2.13. The molecule has 2 heteroatoms. The number of carbonyl (C=O) groups is 1. The summed E-state index contributed by atoms with van der Waals surface area (Å²) in [7, 11) is 0. The standard InChI is InChI=1S/C13H19NO/c1-10(9-14)7-8-13(15)12-6-4-3-5-11(12)2/h3-6,10H,7-9,14H2,1-2H3. The number of hydrogen-bond acceptors (Lipinski definition) is 2. The molecule has 0 aliphatic rings. The largest absolute Gasteiger partial charge is 0.330 e. The predicted octanol–water partition coefficient (Wildman–Crippen LogP) is 2.55. The van der Waals surface area contributed by atoms with Gasteiger partial charge in [0.05, 0.1) is 0 Å². The number of hydrogen-bond donors (Lipinski definition) is 1. The van der Waals surface area contributed by atoms with Gasteiger partial charge in [0.25, 0.3) is 0 Å². The number of ketones is 1. The lowest BCUT2D eigenvalue weighted by Crippen LogP contribution is -2.12. The van der Waals surface area contributed by atoms with Gasteiger partial charge in [-0.3, -0.25) is 4.79 Å². The van der Waals surface area contributed by atoms with Crippen molar-refractivity contribution in [3.8, 4) is 0 Å². The fraction of sp³-hybridized carbons (Fsp3) is 0.462. The van der Waals surface area contributed by atoms with E-state index in [0.717, 1.165) is 17.5 Å². The molecule has 1 unspecified atom stereocenters. The van der Waals surface area contributed by atoms with Crippen molar-refractivity contribution in [2.75, 3.05) is 6.54 Å². The highest BCUT2D eigenvalue weighted by atomic mass is 16.1. The van der Waals surface area contributed by atoms with E-state index < -0.39 is 0 Å². The van der Waals surface area contributed by atoms with E-state index in [4.69, 9.17) is 5.73 Å². The summed E-state index contributed by atoms with van der Waals surface area (Å²) in [6.45, 7) is 4.70. The summed E-state index contributed by atoms with van der Waals surface area (Å²) in [5.74, 6) is 0.659. The van der Waals surface area contributed by atoms with Crippen LogP contribution in [0.4, 0.5) is 0 Å². The van der Waals surface area contributed by atoms with E-state index in [9.17, 15) is 4.79 Å². The molecule has 0 amide bonds. The van der Waals surface area contributed by atoms with Gasteiger partial charge in [0.1, 0.15) is 0 Å². The molecule has 1 aromatic rings. The van der Waals surface area contributed by atoms with Gasteiger partial charge >= 0.3 is 0 Å². The van der Waals surface area contributed by atoms with Crippen molar-refractivity contribution in [2.45, 2.75) is 26.7 Å². The Morgan fingerprint density at radius 3 is 2.67 bits per heavy atom. The van der Waals surface area contributed by atoms with Crippen LogP contribution in [0.3, 0.4) is 0 Å². The maximum Gasteiger partial charge on any atom is 0.163 e. The highest BCUT2D eigenvalue weighted by molar-refractivity contribution is 5.97. The lowest BCUT2D eigenvalue weighted by Gasteiger charge is -2.08. The van der Waals surface area contributed by atoms with Gasteiger partial charge in [-0.25, -0.2) is 0 Å². The SMILES string of the molecule is Cc1ccccc1C(=O)CCC(C)CN. The van der Waals surface area contributed by atoms with Crippen molar-refractivity contribution in [1.29, 1.82) is 0 Å². The predicted molar refractivity (Wildman–Crippen MR) is 63.0 cm³/mol. The van der Waals surface area contributed by atoms with Gasteiger partial charge in [-0.1, -0.05) is 31.2 Å². The van der Waals surface area contributed by atoms with E-state index in [2.05, 4.69) is 6.92 Å². The Hall–Kier alpha value is -1.15. The Balaban J connectivity index is 2.58. The Kier molecular flexibility index (Phi) is 4.50. The van der Waals surface area contributed by atoms with Crippen molar-refractivity contribution in [3.63, 3.8) is 0 Å². The molecule has 0 bridgehead atoms. The molecule has 1 atom stereocenters. The molecule has 0 saturated heterocycles. The number of benzene rings is 1. The quantitative estimate of drug-likeness (QED) is 0.751. The summed E-state index contributed by atoms with van der Waals surface area (Å²) in [6, 6.07) is 7.73. The Labute approximate surface area is 91.5 Å². The smallest absolute Gasteiger partial charge is 0.163 e. The maximum atomic E-state index is 11.8. The van der Waals surface area contributed by atoms with Gasteiger partial charge in [0.2, 0.25) is 0 Å². The van der Waals surface area contributed by atoms with Crippen molar-refractivity contribution >= 4 is 5.78 Å². The van der Waals surface area contributed by atoms with Gasteiger partial charge < -0.3 is 5.73 Å². The summed E-state index contributed by atoms with van der Waals surface area (Å²) in [5.41, 5.74) is 7.42. The summed E-state index contributed by atoms with van der Waals surface area (Å²) < 4.78 is 0. The minimum Gasteiger partial charge on any atom is -0.330 e. The molecule has 15 heavy (non-hydrogen) atoms. The molecule has 1 aromatic carbocycles. The average Bonchev–Trinajstić information content (AvgIpc) is 2.26. The zero-order valence-corrected chi connectivity index (χ0v) is 9.49. The molecule has 2 nitrogen and oxygen atoms in total. The zero-order chi connectivity index (χ0) is 11.3. The first kappa shape index (κ1) is 11.9. The van der Waals surface area contributed by atoms with Crippen LogP contribution in [0.1, 0.15) is 35.7 Å². The second-order valence-corrected chi connectivity index (χ2v) is 4.12. The monoisotopic (exact) mass is 205 g/mol. The second kappa shape index (κ2) is 5.66. The normalized spacial score (nSPS) is 12.5. The molecule has 82 valence electrons. The van der Waals surface area contributed by atoms with Crippen LogP contribution in [0.5, 0.6) is 0 Å². The van der Waals surface area contributed by atoms with Gasteiger partial charge in [-0.15, -0.1) is 0 Å². The number of carbonyl (C=O) groups excluding carboxylic acids is 1. The first-order chi connectivity index (χ1) is 7.15. The molecule has 0 radical (unpaired) electrons. The van der Waals surface area contributed by atoms with Crippen molar-refractivity contribution in [2.24, 2.45) is 11.7 Å². The van der Waals surface area contributed by atoms with Crippen LogP contribution in [-0.2, 0) is 0 Å². The third kappa shape index (κ3) is 3.48. The van der Waals surface area contributed by atoms with Gasteiger partial charge in [-0.05, 0) is 31.4 Å². The first-order valence-corrected chi connectivity index (χ1v) is 5.44. The minimum absolute atomic E-state index is 0.230. The lowest BCUT2D eigenvalue weighted by molar-refractivity contribution is 0.0974. The van der Waals surface area contributed by atoms with Crippen molar-refractivity contribution < 1.29 is 4.79 Å². The highest BCUT2D eigenvalue weighted by Gasteiger charge is 2.09. The molecule has 1 rings (SSSR count). The molecular weight excluding hydrogens is 186 g/mol. The minimum atomic E-state index is 0.230. The van der Waals surface area contributed by atoms with Crippen LogP contribution >= 0.6 is 0 Å². The molecular formula is C13H19NO. The molecule has 0 saturated carbocycles. The van der Waals surface area contributed by atoms with Crippen LogP contribution in [0.2, 0.25) is 0 Å². The fourth-order valence-corrected chi connectivity index (χ4v) is 1.52. The summed E-state index contributed by atoms with van der Waals surface area (Å²) in [4.78, 5) is 11.8. The van der Waals surface area contributed by atoms with Crippen LogP contribution in [0.15, 0.2) is 24.3 Å². The Morgan fingerprint density at radius 2 is 2.07 bits per heavy atom. The van der Waals surface area contributed by atoms with E-state index in [1.54, 1.807) is 0 Å². The number of aryl methyl sites for hydroxylation is 1. The van der Waals surface area contributed by atoms with Crippen LogP contribution in [0.25, 0.3) is 0 Å². The summed E-state index contributed by atoms with van der Waals surface area (Å²) in [6.07, 6.45) is 1.48. The Bertz CT molecular complexity index is 333. The first-order valence-electron chi connectivity index (χ1n) is 5.44. The fourth-order valence-electron chi connectivity index (χ4n) is 1.52. The summed E-state index contributed by atoms with van der Waals surface area (Å²) in [5, 5.41) is 0. The van der Waals surface area contributed by atoms with Crippen molar-refractivity contribution in [1.82, 2.24) is 0 Å². The lowest BCUT2D eigenvalue weighted by atomic mass is 9.97. The number of rotatable bonds is 5. The topological polar surface area (TPSA) is 43.1 Å². The molecule has 0 aliphatic heterocycles. The third-order valence-electron chi connectivity index (χ3n) is 2.71. The zero-order valence-electron chi connectivity index (χ0n) is 9.49. The average molecular weight is 205 g/mol. The van der Waals surface area contributed by atoms with Crippen LogP contribution in [0, 0.1) is 12.8 Å². The molecule has 2 N–H and O–H groups in total. The summed E-state index contributed by atoms with van der Waals surface area (Å²) >= 11 is 0. The molecule has 0 heterocycles. The molecule has 0 aliphatic carbocycles. The van der Waals surface area contributed by atoms with E-state index >= 15 is 0 Å². The maximum absolute atomic E-state index is 11.8.